The lowest BCUT2D eigenvalue weighted by molar-refractivity contribution is -0.384. The Morgan fingerprint density at radius 1 is 1.29 bits per heavy atom. The molecule has 6 nitrogen and oxygen atoms in total. The van der Waals surface area contributed by atoms with Gasteiger partial charge >= 0.3 is 0 Å². The van der Waals surface area contributed by atoms with Crippen molar-refractivity contribution in [3.63, 3.8) is 0 Å². The fourth-order valence-electron chi connectivity index (χ4n) is 1.70. The normalized spacial score (nSPS) is 10.7. The van der Waals surface area contributed by atoms with Gasteiger partial charge in [0.2, 0.25) is 5.88 Å². The molecule has 0 unspecified atom stereocenters. The lowest BCUT2D eigenvalue weighted by atomic mass is 10.2. The van der Waals surface area contributed by atoms with Crippen LogP contribution >= 0.6 is 15.9 Å². The lowest BCUT2D eigenvalue weighted by Gasteiger charge is -2.10. The van der Waals surface area contributed by atoms with Gasteiger partial charge in [0.05, 0.1) is 4.92 Å². The monoisotopic (exact) mass is 351 g/mol. The second-order valence-corrected chi connectivity index (χ2v) is 5.66. The first-order valence-electron chi connectivity index (χ1n) is 6.34. The predicted molar refractivity (Wildman–Crippen MR) is 81.7 cm³/mol. The zero-order valence-corrected chi connectivity index (χ0v) is 13.4. The highest BCUT2D eigenvalue weighted by Gasteiger charge is 2.12. The molecule has 0 N–H and O–H groups in total. The smallest absolute Gasteiger partial charge is 0.269 e. The van der Waals surface area contributed by atoms with E-state index in [-0.39, 0.29) is 11.6 Å². The average Bonchev–Trinajstić information content (AvgIpc) is 2.40. The number of nitrogens with zero attached hydrogens (tertiary/aromatic N) is 3. The molecule has 0 saturated carbocycles. The van der Waals surface area contributed by atoms with E-state index < -0.39 is 4.92 Å². The molecule has 110 valence electrons. The van der Waals surface area contributed by atoms with Gasteiger partial charge in [0.1, 0.15) is 16.2 Å². The third kappa shape index (κ3) is 3.75. The number of hydrogen-bond donors (Lipinski definition) is 0. The van der Waals surface area contributed by atoms with Gasteiger partial charge in [0.15, 0.2) is 0 Å². The molecular formula is C14H14BrN3O3. The van der Waals surface area contributed by atoms with Crippen LogP contribution in [-0.2, 0) is 0 Å². The summed E-state index contributed by atoms with van der Waals surface area (Å²) in [6.07, 6.45) is 0. The van der Waals surface area contributed by atoms with Crippen molar-refractivity contribution in [2.24, 2.45) is 0 Å². The minimum Gasteiger partial charge on any atom is -0.439 e. The van der Waals surface area contributed by atoms with Gasteiger partial charge in [0, 0.05) is 24.1 Å². The highest BCUT2D eigenvalue weighted by atomic mass is 79.9. The first kappa shape index (κ1) is 15.4. The molecule has 0 aliphatic rings. The van der Waals surface area contributed by atoms with E-state index in [1.165, 1.54) is 12.1 Å². The number of rotatable bonds is 4. The molecule has 0 bridgehead atoms. The number of hydrogen-bond acceptors (Lipinski definition) is 5. The van der Waals surface area contributed by atoms with Crippen LogP contribution in [0.5, 0.6) is 11.6 Å². The van der Waals surface area contributed by atoms with Gasteiger partial charge in [-0.3, -0.25) is 10.1 Å². The second-order valence-electron chi connectivity index (χ2n) is 4.85. The molecule has 0 fully saturated rings. The van der Waals surface area contributed by atoms with E-state index in [1.807, 2.05) is 13.8 Å². The molecule has 2 rings (SSSR count). The first-order chi connectivity index (χ1) is 9.86. The van der Waals surface area contributed by atoms with Gasteiger partial charge < -0.3 is 4.74 Å². The van der Waals surface area contributed by atoms with Crippen LogP contribution in [0.25, 0.3) is 0 Å². The van der Waals surface area contributed by atoms with Crippen molar-refractivity contribution in [3.8, 4) is 11.6 Å². The van der Waals surface area contributed by atoms with Crippen molar-refractivity contribution >= 4 is 21.6 Å². The topological polar surface area (TPSA) is 78.2 Å². The summed E-state index contributed by atoms with van der Waals surface area (Å²) in [5.41, 5.74) is 0.705. The molecule has 1 aromatic heterocycles. The molecule has 2 aromatic rings. The molecule has 0 aliphatic heterocycles. The Labute approximate surface area is 130 Å². The standard InChI is InChI=1S/C14H14BrN3O3/c1-8(2)14-16-12(15)7-13(17-14)21-11-5-4-10(18(19)20)6-9(11)3/h4-8H,1-3H3. The van der Waals surface area contributed by atoms with Crippen LogP contribution in [0.1, 0.15) is 31.2 Å². The van der Waals surface area contributed by atoms with Gasteiger partial charge in [-0.2, -0.15) is 4.98 Å². The third-order valence-electron chi connectivity index (χ3n) is 2.79. The summed E-state index contributed by atoms with van der Waals surface area (Å²) in [5, 5.41) is 10.7. The minimum atomic E-state index is -0.436. The van der Waals surface area contributed by atoms with Gasteiger partial charge in [-0.05, 0) is 34.5 Å². The summed E-state index contributed by atoms with van der Waals surface area (Å²) in [5.74, 6) is 1.76. The number of halogens is 1. The molecule has 1 heterocycles. The number of ether oxygens (including phenoxy) is 1. The van der Waals surface area contributed by atoms with Crippen LogP contribution in [0.4, 0.5) is 5.69 Å². The number of non-ortho nitro benzene ring substituents is 1. The Morgan fingerprint density at radius 2 is 2.00 bits per heavy atom. The molecule has 0 aliphatic carbocycles. The lowest BCUT2D eigenvalue weighted by Crippen LogP contribution is -2.00. The number of aromatic nitrogens is 2. The summed E-state index contributed by atoms with van der Waals surface area (Å²) in [6.45, 7) is 5.73. The minimum absolute atomic E-state index is 0.0339. The van der Waals surface area contributed by atoms with Gasteiger partial charge in [0.25, 0.3) is 5.69 Å². The maximum Gasteiger partial charge on any atom is 0.269 e. The molecule has 0 amide bonds. The second kappa shape index (κ2) is 6.17. The molecule has 7 heteroatoms. The van der Waals surface area contributed by atoms with Crippen LogP contribution in [0.2, 0.25) is 0 Å². The summed E-state index contributed by atoms with van der Waals surface area (Å²) in [6, 6.07) is 6.10. The summed E-state index contributed by atoms with van der Waals surface area (Å²) in [7, 11) is 0. The van der Waals surface area contributed by atoms with E-state index in [0.29, 0.717) is 27.6 Å². The molecule has 0 radical (unpaired) electrons. The van der Waals surface area contributed by atoms with Crippen LogP contribution < -0.4 is 4.74 Å². The van der Waals surface area contributed by atoms with E-state index in [2.05, 4.69) is 25.9 Å². The van der Waals surface area contributed by atoms with Crippen molar-refractivity contribution in [2.75, 3.05) is 0 Å². The molecular weight excluding hydrogens is 338 g/mol. The first-order valence-corrected chi connectivity index (χ1v) is 7.13. The molecule has 1 aromatic carbocycles. The molecule has 0 spiro atoms. The summed E-state index contributed by atoms with van der Waals surface area (Å²) >= 11 is 3.32. The van der Waals surface area contributed by atoms with Crippen LogP contribution in [-0.4, -0.2) is 14.9 Å². The van der Waals surface area contributed by atoms with Crippen LogP contribution in [0.15, 0.2) is 28.9 Å². The van der Waals surface area contributed by atoms with Crippen LogP contribution in [0, 0.1) is 17.0 Å². The van der Waals surface area contributed by atoms with Crippen molar-refractivity contribution in [1.29, 1.82) is 0 Å². The van der Waals surface area contributed by atoms with Crippen molar-refractivity contribution in [2.45, 2.75) is 26.7 Å². The zero-order chi connectivity index (χ0) is 15.6. The van der Waals surface area contributed by atoms with Crippen molar-refractivity contribution in [3.05, 3.63) is 50.4 Å². The fourth-order valence-corrected chi connectivity index (χ4v) is 2.08. The SMILES string of the molecule is Cc1cc([N+](=O)[O-])ccc1Oc1cc(Br)nc(C(C)C)n1. The highest BCUT2D eigenvalue weighted by Crippen LogP contribution is 2.28. The van der Waals surface area contributed by atoms with E-state index >= 15 is 0 Å². The van der Waals surface area contributed by atoms with Crippen molar-refractivity contribution in [1.82, 2.24) is 9.97 Å². The number of nitro groups is 1. The maximum atomic E-state index is 10.7. The van der Waals surface area contributed by atoms with E-state index in [1.54, 1.807) is 19.1 Å². The molecule has 21 heavy (non-hydrogen) atoms. The van der Waals surface area contributed by atoms with Gasteiger partial charge in [-0.25, -0.2) is 4.98 Å². The van der Waals surface area contributed by atoms with E-state index in [0.717, 1.165) is 0 Å². The number of aryl methyl sites for hydroxylation is 1. The molecule has 0 atom stereocenters. The fraction of sp³-hybridized carbons (Fsp3) is 0.286. The Morgan fingerprint density at radius 3 is 2.57 bits per heavy atom. The quantitative estimate of drug-likeness (QED) is 0.464. The Kier molecular flexibility index (Phi) is 4.52. The Balaban J connectivity index is 2.32. The third-order valence-corrected chi connectivity index (χ3v) is 3.20. The summed E-state index contributed by atoms with van der Waals surface area (Å²) in [4.78, 5) is 18.9. The van der Waals surface area contributed by atoms with E-state index in [4.69, 9.17) is 4.74 Å². The zero-order valence-electron chi connectivity index (χ0n) is 11.8. The highest BCUT2D eigenvalue weighted by molar-refractivity contribution is 9.10. The maximum absolute atomic E-state index is 10.7. The summed E-state index contributed by atoms with van der Waals surface area (Å²) < 4.78 is 6.35. The Bertz CT molecular complexity index is 689. The number of nitro benzene ring substituents is 1. The van der Waals surface area contributed by atoms with Crippen molar-refractivity contribution < 1.29 is 9.66 Å². The molecule has 0 saturated heterocycles. The number of benzene rings is 1. The Hall–Kier alpha value is -2.02. The largest absolute Gasteiger partial charge is 0.439 e. The van der Waals surface area contributed by atoms with Gasteiger partial charge in [-0.15, -0.1) is 0 Å². The van der Waals surface area contributed by atoms with Gasteiger partial charge in [-0.1, -0.05) is 13.8 Å². The average molecular weight is 352 g/mol. The van der Waals surface area contributed by atoms with Crippen LogP contribution in [0.3, 0.4) is 0 Å². The predicted octanol–water partition coefficient (Wildman–Crippen LogP) is 4.37. The van der Waals surface area contributed by atoms with E-state index in [9.17, 15) is 10.1 Å².